The summed E-state index contributed by atoms with van der Waals surface area (Å²) in [4.78, 5) is 12.0. The van der Waals surface area contributed by atoms with Crippen molar-refractivity contribution in [3.63, 3.8) is 0 Å². The van der Waals surface area contributed by atoms with Gasteiger partial charge in [0.2, 0.25) is 0 Å². The van der Waals surface area contributed by atoms with E-state index >= 15 is 0 Å². The summed E-state index contributed by atoms with van der Waals surface area (Å²) in [7, 11) is -2.20. The van der Waals surface area contributed by atoms with Crippen LogP contribution in [0, 0.1) is 0 Å². The Morgan fingerprint density at radius 3 is 1.69 bits per heavy atom. The number of carbonyl (C=O) groups excluding carboxylic acids is 1. The summed E-state index contributed by atoms with van der Waals surface area (Å²) >= 11 is 0. The molecule has 88 valence electrons. The summed E-state index contributed by atoms with van der Waals surface area (Å²) in [6.45, 7) is 14.9. The molecule has 0 bridgehead atoms. The Kier molecular flexibility index (Phi) is 7.21. The van der Waals surface area contributed by atoms with Gasteiger partial charge in [-0.05, 0) is 18.1 Å². The van der Waals surface area contributed by atoms with Crippen LogP contribution < -0.4 is 0 Å². The quantitative estimate of drug-likeness (QED) is 0.448. The van der Waals surface area contributed by atoms with Gasteiger partial charge in [0.25, 0.3) is 5.59 Å². The summed E-state index contributed by atoms with van der Waals surface area (Å²) in [6.07, 6.45) is 6.93. The van der Waals surface area contributed by atoms with Crippen LogP contribution in [-0.4, -0.2) is 20.3 Å². The second-order valence-electron chi connectivity index (χ2n) is 3.65. The first-order valence-electron chi connectivity index (χ1n) is 5.27. The zero-order valence-electron chi connectivity index (χ0n) is 9.78. The van der Waals surface area contributed by atoms with Gasteiger partial charge in [-0.15, -0.1) is 19.7 Å². The van der Waals surface area contributed by atoms with Crippen molar-refractivity contribution in [3.05, 3.63) is 50.6 Å². The van der Waals surface area contributed by atoms with E-state index in [1.165, 1.54) is 0 Å². The van der Waals surface area contributed by atoms with Crippen molar-refractivity contribution >= 4 is 13.7 Å². The van der Waals surface area contributed by atoms with Crippen LogP contribution in [-0.2, 0) is 4.74 Å². The Hall–Kier alpha value is -1.35. The van der Waals surface area contributed by atoms with Gasteiger partial charge < -0.3 is 4.74 Å². The van der Waals surface area contributed by atoms with Crippen molar-refractivity contribution in [3.8, 4) is 0 Å². The summed E-state index contributed by atoms with van der Waals surface area (Å²) in [5, 5.41) is 0. The van der Waals surface area contributed by atoms with E-state index in [0.29, 0.717) is 18.1 Å². The Labute approximate surface area is 99.0 Å². The van der Waals surface area contributed by atoms with Crippen LogP contribution in [0.25, 0.3) is 0 Å². The Morgan fingerprint density at radius 2 is 1.38 bits per heavy atom. The van der Waals surface area contributed by atoms with E-state index in [4.69, 9.17) is 4.74 Å². The Bertz CT molecular complexity index is 255. The number of allylic oxidation sites excluding steroid dienone is 3. The molecule has 0 aromatic heterocycles. The predicted molar refractivity (Wildman–Crippen MR) is 72.3 cm³/mol. The van der Waals surface area contributed by atoms with Gasteiger partial charge >= 0.3 is 0 Å². The van der Waals surface area contributed by atoms with E-state index in [1.54, 1.807) is 24.3 Å². The molecular formula is C13H20O2Si. The maximum atomic E-state index is 12.0. The zero-order chi connectivity index (χ0) is 12.4. The highest BCUT2D eigenvalue weighted by Crippen LogP contribution is 2.25. The molecule has 0 radical (unpaired) electrons. The van der Waals surface area contributed by atoms with Gasteiger partial charge in [-0.3, -0.25) is 4.79 Å². The molecule has 0 aliphatic heterocycles. The highest BCUT2D eigenvalue weighted by Gasteiger charge is 2.39. The van der Waals surface area contributed by atoms with Crippen LogP contribution in [0.2, 0.25) is 18.1 Å². The minimum atomic E-state index is -2.20. The molecule has 0 heterocycles. The summed E-state index contributed by atoms with van der Waals surface area (Å²) in [6, 6.07) is 2.09. The Morgan fingerprint density at radius 1 is 0.938 bits per heavy atom. The second kappa shape index (κ2) is 7.88. The van der Waals surface area contributed by atoms with Gasteiger partial charge in [-0.1, -0.05) is 30.9 Å². The van der Waals surface area contributed by atoms with E-state index in [-0.39, 0.29) is 12.2 Å². The van der Waals surface area contributed by atoms with Crippen LogP contribution >= 0.6 is 0 Å². The highest BCUT2D eigenvalue weighted by atomic mass is 28.3. The van der Waals surface area contributed by atoms with E-state index in [2.05, 4.69) is 26.3 Å². The van der Waals surface area contributed by atoms with E-state index < -0.39 is 8.07 Å². The average Bonchev–Trinajstić information content (AvgIpc) is 2.26. The van der Waals surface area contributed by atoms with Crippen molar-refractivity contribution in [1.82, 2.24) is 0 Å². The van der Waals surface area contributed by atoms with Crippen molar-refractivity contribution in [1.29, 1.82) is 0 Å². The number of hydrogen-bond acceptors (Lipinski definition) is 2. The third kappa shape index (κ3) is 4.02. The summed E-state index contributed by atoms with van der Waals surface area (Å²) in [5.74, 6) is 0. The van der Waals surface area contributed by atoms with E-state index in [0.717, 1.165) is 0 Å². The molecule has 0 saturated carbocycles. The lowest BCUT2D eigenvalue weighted by molar-refractivity contribution is 0.183. The minimum absolute atomic E-state index is 0.105. The van der Waals surface area contributed by atoms with Crippen LogP contribution in [0.15, 0.2) is 50.6 Å². The lowest BCUT2D eigenvalue weighted by Crippen LogP contribution is -2.43. The predicted octanol–water partition coefficient (Wildman–Crippen LogP) is 3.90. The first kappa shape index (κ1) is 14.6. The topological polar surface area (TPSA) is 26.3 Å². The maximum absolute atomic E-state index is 12.0. The molecule has 2 nitrogen and oxygen atoms in total. The molecule has 0 aliphatic carbocycles. The zero-order valence-corrected chi connectivity index (χ0v) is 10.8. The molecule has 0 atom stereocenters. The first-order chi connectivity index (χ1) is 7.66. The largest absolute Gasteiger partial charge is 0.466 e. The molecule has 0 aromatic carbocycles. The smallest absolute Gasteiger partial charge is 0.273 e. The van der Waals surface area contributed by atoms with Crippen molar-refractivity contribution < 1.29 is 9.53 Å². The number of hydrogen-bond donors (Lipinski definition) is 0. The van der Waals surface area contributed by atoms with Crippen LogP contribution in [0.3, 0.4) is 0 Å². The molecule has 0 aliphatic rings. The molecule has 16 heavy (non-hydrogen) atoms. The van der Waals surface area contributed by atoms with Crippen molar-refractivity contribution in [2.75, 3.05) is 6.61 Å². The molecule has 0 amide bonds. The molecule has 0 N–H and O–H groups in total. The van der Waals surface area contributed by atoms with Crippen molar-refractivity contribution in [2.45, 2.75) is 18.1 Å². The van der Waals surface area contributed by atoms with E-state index in [9.17, 15) is 4.79 Å². The fourth-order valence-corrected chi connectivity index (χ4v) is 4.66. The lowest BCUT2D eigenvalue weighted by Gasteiger charge is -2.25. The monoisotopic (exact) mass is 236 g/mol. The number of rotatable bonds is 9. The standard InChI is InChI=1S/C13H20O2Si/c1-5-9-15-13(14)16(10-6-2,11-7-3)12-8-4/h5-8H,1-4,9-12H2. The maximum Gasteiger partial charge on any atom is 0.273 e. The number of carbonyl (C=O) groups is 1. The van der Waals surface area contributed by atoms with Crippen LogP contribution in [0.1, 0.15) is 0 Å². The van der Waals surface area contributed by atoms with Gasteiger partial charge in [0.1, 0.15) is 6.61 Å². The van der Waals surface area contributed by atoms with Gasteiger partial charge in [-0.2, -0.15) is 0 Å². The molecular weight excluding hydrogens is 216 g/mol. The fraction of sp³-hybridized carbons (Fsp3) is 0.308. The molecule has 0 aromatic rings. The molecule has 0 spiro atoms. The molecule has 0 unspecified atom stereocenters. The average molecular weight is 236 g/mol. The summed E-state index contributed by atoms with van der Waals surface area (Å²) < 4.78 is 5.18. The number of ether oxygens (including phenoxy) is 1. The molecule has 3 heteroatoms. The Balaban J connectivity index is 4.88. The molecule has 0 rings (SSSR count). The second-order valence-corrected chi connectivity index (χ2v) is 7.84. The van der Waals surface area contributed by atoms with Crippen molar-refractivity contribution in [2.24, 2.45) is 0 Å². The summed E-state index contributed by atoms with van der Waals surface area (Å²) in [5.41, 5.74) is -0.105. The van der Waals surface area contributed by atoms with E-state index in [1.807, 2.05) is 0 Å². The van der Waals surface area contributed by atoms with Crippen LogP contribution in [0.4, 0.5) is 4.79 Å². The molecule has 0 saturated heterocycles. The van der Waals surface area contributed by atoms with Gasteiger partial charge in [-0.25, -0.2) is 0 Å². The van der Waals surface area contributed by atoms with Gasteiger partial charge in [0.05, 0.1) is 0 Å². The third-order valence-electron chi connectivity index (χ3n) is 2.37. The first-order valence-corrected chi connectivity index (χ1v) is 7.89. The molecule has 0 fully saturated rings. The SMILES string of the molecule is C=CCOC(=O)[Si](CC=C)(CC=C)CC=C. The third-order valence-corrected chi connectivity index (χ3v) is 6.59. The minimum Gasteiger partial charge on any atom is -0.466 e. The lowest BCUT2D eigenvalue weighted by atomic mass is 10.7. The van der Waals surface area contributed by atoms with Gasteiger partial charge in [0, 0.05) is 0 Å². The highest BCUT2D eigenvalue weighted by molar-refractivity contribution is 7.05. The van der Waals surface area contributed by atoms with Crippen LogP contribution in [0.5, 0.6) is 0 Å². The fourth-order valence-electron chi connectivity index (χ4n) is 1.62. The normalized spacial score (nSPS) is 10.2. The van der Waals surface area contributed by atoms with Gasteiger partial charge in [0.15, 0.2) is 8.07 Å².